The van der Waals surface area contributed by atoms with Crippen molar-refractivity contribution >= 4 is 5.97 Å². The number of carbonyl (C=O) groups excluding carboxylic acids is 1. The molecule has 2 aliphatic heterocycles. The maximum Gasteiger partial charge on any atom is 0.305 e. The van der Waals surface area contributed by atoms with E-state index in [-0.39, 0.29) is 5.97 Å². The van der Waals surface area contributed by atoms with Gasteiger partial charge in [-0.05, 0) is 44.4 Å². The van der Waals surface area contributed by atoms with Crippen molar-refractivity contribution in [2.45, 2.75) is 128 Å². The summed E-state index contributed by atoms with van der Waals surface area (Å²) in [6.45, 7) is 2.86. The summed E-state index contributed by atoms with van der Waals surface area (Å²) < 4.78 is 16.8. The molecule has 0 bridgehead atoms. The summed E-state index contributed by atoms with van der Waals surface area (Å²) in [5.41, 5.74) is 0. The summed E-state index contributed by atoms with van der Waals surface area (Å²) in [7, 11) is 0. The van der Waals surface area contributed by atoms with Crippen LogP contribution < -0.4 is 0 Å². The van der Waals surface area contributed by atoms with E-state index in [0.717, 1.165) is 32.1 Å². The minimum atomic E-state index is -0.00821. The molecule has 3 rings (SSSR count). The molecule has 0 aromatic rings. The highest BCUT2D eigenvalue weighted by atomic mass is 16.6. The van der Waals surface area contributed by atoms with Crippen LogP contribution in [-0.4, -0.2) is 37.0 Å². The second kappa shape index (κ2) is 11.4. The molecule has 1 saturated carbocycles. The van der Waals surface area contributed by atoms with Crippen molar-refractivity contribution in [2.24, 2.45) is 5.92 Å². The lowest BCUT2D eigenvalue weighted by atomic mass is 9.90. The molecule has 3 aliphatic rings. The van der Waals surface area contributed by atoms with E-state index in [1.54, 1.807) is 0 Å². The molecular weight excluding hydrogens is 340 g/mol. The Kier molecular flexibility index (Phi) is 8.92. The van der Waals surface area contributed by atoms with Crippen LogP contribution in [0.4, 0.5) is 0 Å². The minimum Gasteiger partial charge on any atom is -0.465 e. The highest BCUT2D eigenvalue weighted by molar-refractivity contribution is 5.69. The molecule has 0 radical (unpaired) electrons. The van der Waals surface area contributed by atoms with Crippen molar-refractivity contribution in [1.82, 2.24) is 0 Å². The Bertz CT molecular complexity index is 438. The first-order valence-electron chi connectivity index (χ1n) is 11.7. The largest absolute Gasteiger partial charge is 0.465 e. The molecule has 1 aliphatic carbocycles. The number of unbranched alkanes of at least 4 members (excludes halogenated alkanes) is 7. The Morgan fingerprint density at radius 2 is 1.56 bits per heavy atom. The maximum atomic E-state index is 11.9. The summed E-state index contributed by atoms with van der Waals surface area (Å²) in [6.07, 6.45) is 19.8. The fraction of sp³-hybridized carbons (Fsp3) is 0.957. The topological polar surface area (TPSA) is 51.4 Å². The average Bonchev–Trinajstić information content (AvgIpc) is 3.58. The molecule has 2 saturated heterocycles. The van der Waals surface area contributed by atoms with Gasteiger partial charge in [0.25, 0.3) is 0 Å². The fourth-order valence-corrected chi connectivity index (χ4v) is 4.53. The summed E-state index contributed by atoms with van der Waals surface area (Å²) in [5.74, 6) is 0.518. The van der Waals surface area contributed by atoms with Crippen LogP contribution in [0.15, 0.2) is 0 Å². The van der Waals surface area contributed by atoms with Crippen LogP contribution in [0.5, 0.6) is 0 Å². The number of hydrogen-bond donors (Lipinski definition) is 0. The van der Waals surface area contributed by atoms with Gasteiger partial charge in [-0.2, -0.15) is 0 Å². The van der Waals surface area contributed by atoms with Gasteiger partial charge >= 0.3 is 5.97 Å². The SMILES string of the molecule is CCCCCCC1OC1CCCCCCCC(=O)OCC1CCC2OC2C1. The van der Waals surface area contributed by atoms with E-state index in [1.807, 2.05) is 0 Å². The van der Waals surface area contributed by atoms with Gasteiger partial charge in [0, 0.05) is 6.42 Å². The van der Waals surface area contributed by atoms with E-state index in [0.29, 0.717) is 43.4 Å². The maximum absolute atomic E-state index is 11.9. The van der Waals surface area contributed by atoms with E-state index in [2.05, 4.69) is 6.92 Å². The fourth-order valence-electron chi connectivity index (χ4n) is 4.53. The monoisotopic (exact) mass is 380 g/mol. The quantitative estimate of drug-likeness (QED) is 0.212. The second-order valence-electron chi connectivity index (χ2n) is 8.94. The van der Waals surface area contributed by atoms with Crippen LogP contribution in [0.2, 0.25) is 0 Å². The third-order valence-electron chi connectivity index (χ3n) is 6.49. The van der Waals surface area contributed by atoms with Crippen molar-refractivity contribution in [3.63, 3.8) is 0 Å². The van der Waals surface area contributed by atoms with Gasteiger partial charge in [0.15, 0.2) is 0 Å². The Balaban J connectivity index is 1.06. The summed E-state index contributed by atoms with van der Waals surface area (Å²) in [4.78, 5) is 11.9. The number of fused-ring (bicyclic) bond motifs is 1. The van der Waals surface area contributed by atoms with Crippen molar-refractivity contribution < 1.29 is 19.0 Å². The highest BCUT2D eigenvalue weighted by Crippen LogP contribution is 2.39. The second-order valence-corrected chi connectivity index (χ2v) is 8.94. The zero-order valence-corrected chi connectivity index (χ0v) is 17.3. The van der Waals surface area contributed by atoms with Gasteiger partial charge in [-0.15, -0.1) is 0 Å². The van der Waals surface area contributed by atoms with Gasteiger partial charge in [-0.1, -0.05) is 58.3 Å². The first-order chi connectivity index (χ1) is 13.3. The summed E-state index contributed by atoms with van der Waals surface area (Å²) in [5, 5.41) is 0. The molecular formula is C23H40O4. The lowest BCUT2D eigenvalue weighted by Gasteiger charge is -2.18. The van der Waals surface area contributed by atoms with E-state index in [1.165, 1.54) is 57.8 Å². The normalized spacial score (nSPS) is 31.4. The van der Waals surface area contributed by atoms with Gasteiger partial charge in [0.2, 0.25) is 0 Å². The zero-order valence-electron chi connectivity index (χ0n) is 17.3. The van der Waals surface area contributed by atoms with E-state index in [4.69, 9.17) is 14.2 Å². The number of epoxide rings is 2. The number of ether oxygens (including phenoxy) is 3. The first kappa shape index (κ1) is 21.1. The predicted molar refractivity (Wildman–Crippen MR) is 107 cm³/mol. The number of carbonyl (C=O) groups is 1. The smallest absolute Gasteiger partial charge is 0.305 e. The predicted octanol–water partition coefficient (Wildman–Crippen LogP) is 5.57. The molecule has 3 fully saturated rings. The molecule has 27 heavy (non-hydrogen) atoms. The number of hydrogen-bond acceptors (Lipinski definition) is 4. The first-order valence-corrected chi connectivity index (χ1v) is 11.7. The molecule has 0 aromatic heterocycles. The van der Waals surface area contributed by atoms with E-state index in [9.17, 15) is 4.79 Å². The van der Waals surface area contributed by atoms with Crippen molar-refractivity contribution in [2.75, 3.05) is 6.61 Å². The van der Waals surface area contributed by atoms with E-state index >= 15 is 0 Å². The Morgan fingerprint density at radius 3 is 2.30 bits per heavy atom. The number of esters is 1. The molecule has 4 heteroatoms. The lowest BCUT2D eigenvalue weighted by molar-refractivity contribution is -0.145. The Morgan fingerprint density at radius 1 is 0.852 bits per heavy atom. The van der Waals surface area contributed by atoms with Gasteiger partial charge in [-0.3, -0.25) is 4.79 Å². The van der Waals surface area contributed by atoms with Crippen LogP contribution in [0.3, 0.4) is 0 Å². The van der Waals surface area contributed by atoms with Crippen LogP contribution in [-0.2, 0) is 19.0 Å². The molecule has 0 amide bonds. The molecule has 5 unspecified atom stereocenters. The van der Waals surface area contributed by atoms with Gasteiger partial charge < -0.3 is 14.2 Å². The van der Waals surface area contributed by atoms with Crippen LogP contribution >= 0.6 is 0 Å². The lowest BCUT2D eigenvalue weighted by Crippen LogP contribution is -2.20. The van der Waals surface area contributed by atoms with Gasteiger partial charge in [-0.25, -0.2) is 0 Å². The Hall–Kier alpha value is -0.610. The van der Waals surface area contributed by atoms with E-state index < -0.39 is 0 Å². The molecule has 0 spiro atoms. The molecule has 0 N–H and O–H groups in total. The molecule has 4 nitrogen and oxygen atoms in total. The third-order valence-corrected chi connectivity index (χ3v) is 6.49. The summed E-state index contributed by atoms with van der Waals surface area (Å²) >= 11 is 0. The zero-order chi connectivity index (χ0) is 18.9. The van der Waals surface area contributed by atoms with Crippen LogP contribution in [0.25, 0.3) is 0 Å². The highest BCUT2D eigenvalue weighted by Gasteiger charge is 2.44. The molecule has 5 atom stereocenters. The van der Waals surface area contributed by atoms with Gasteiger partial charge in [0.1, 0.15) is 0 Å². The minimum absolute atomic E-state index is 0.00821. The van der Waals surface area contributed by atoms with Crippen molar-refractivity contribution in [3.8, 4) is 0 Å². The number of rotatable bonds is 15. The van der Waals surface area contributed by atoms with Crippen molar-refractivity contribution in [3.05, 3.63) is 0 Å². The standard InChI is InChI=1S/C23H40O4/c1-2-3-4-8-11-19-20(26-19)12-9-6-5-7-10-13-23(24)25-17-18-14-15-21-22(16-18)27-21/h18-22H,2-17H2,1H3. The Labute approximate surface area is 165 Å². The third kappa shape index (κ3) is 8.11. The van der Waals surface area contributed by atoms with Crippen molar-refractivity contribution in [1.29, 1.82) is 0 Å². The van der Waals surface area contributed by atoms with Crippen LogP contribution in [0, 0.1) is 5.92 Å². The summed E-state index contributed by atoms with van der Waals surface area (Å²) in [6, 6.07) is 0. The van der Waals surface area contributed by atoms with Gasteiger partial charge in [0.05, 0.1) is 31.0 Å². The molecule has 0 aromatic carbocycles. The molecule has 2 heterocycles. The van der Waals surface area contributed by atoms with Crippen LogP contribution in [0.1, 0.15) is 103 Å². The molecule has 156 valence electrons. The average molecular weight is 381 g/mol.